The third kappa shape index (κ3) is 1.47. The highest BCUT2D eigenvalue weighted by Gasteiger charge is 2.24. The largest absolute Gasteiger partial charge is 0.465 e. The second kappa shape index (κ2) is 3.05. The molecule has 1 aromatic heterocycles. The summed E-state index contributed by atoms with van der Waals surface area (Å²) in [5, 5.41) is 11.0. The van der Waals surface area contributed by atoms with Crippen LogP contribution in [-0.4, -0.2) is 16.2 Å². The number of hydrogen-bond acceptors (Lipinski definition) is 2. The first-order chi connectivity index (χ1) is 6.27. The van der Waals surface area contributed by atoms with Gasteiger partial charge in [0.1, 0.15) is 0 Å². The Hall–Kier alpha value is -1.58. The molecule has 1 aliphatic rings. The fourth-order valence-electron chi connectivity index (χ4n) is 1.70. The first kappa shape index (κ1) is 8.04. The highest BCUT2D eigenvalue weighted by Crippen LogP contribution is 2.28. The average Bonchev–Trinajstić information content (AvgIpc) is 2.48. The lowest BCUT2D eigenvalue weighted by atomic mass is 10.2. The van der Waals surface area contributed by atoms with Gasteiger partial charge in [0, 0.05) is 6.20 Å². The van der Waals surface area contributed by atoms with Crippen molar-refractivity contribution >= 4 is 6.09 Å². The molecule has 2 N–H and O–H groups in total. The van der Waals surface area contributed by atoms with E-state index in [1.165, 1.54) is 0 Å². The van der Waals surface area contributed by atoms with Gasteiger partial charge in [0.25, 0.3) is 0 Å². The zero-order valence-electron chi connectivity index (χ0n) is 7.03. The molecule has 1 unspecified atom stereocenters. The number of aromatic nitrogens is 1. The molecule has 0 saturated carbocycles. The Kier molecular flexibility index (Phi) is 1.88. The Morgan fingerprint density at radius 3 is 3.31 bits per heavy atom. The number of carboxylic acid groups (broad SMARTS) is 1. The number of amides is 1. The fourth-order valence-corrected chi connectivity index (χ4v) is 1.70. The van der Waals surface area contributed by atoms with Crippen molar-refractivity contribution in [2.45, 2.75) is 18.9 Å². The lowest BCUT2D eigenvalue weighted by Crippen LogP contribution is -2.25. The van der Waals surface area contributed by atoms with Crippen LogP contribution in [0.15, 0.2) is 18.3 Å². The molecule has 4 heteroatoms. The van der Waals surface area contributed by atoms with Gasteiger partial charge in [0.2, 0.25) is 0 Å². The van der Waals surface area contributed by atoms with E-state index < -0.39 is 6.09 Å². The normalized spacial score (nSPS) is 19.5. The van der Waals surface area contributed by atoms with Crippen LogP contribution in [0.2, 0.25) is 0 Å². The molecule has 2 rings (SSSR count). The minimum Gasteiger partial charge on any atom is -0.465 e. The number of pyridine rings is 1. The summed E-state index contributed by atoms with van der Waals surface area (Å²) in [6.45, 7) is 0. The van der Waals surface area contributed by atoms with Gasteiger partial charge < -0.3 is 10.4 Å². The van der Waals surface area contributed by atoms with Crippen LogP contribution in [-0.2, 0) is 6.42 Å². The van der Waals surface area contributed by atoms with Crippen LogP contribution in [0.25, 0.3) is 0 Å². The number of nitrogens with zero attached hydrogens (tertiary/aromatic N) is 1. The molecule has 4 nitrogen and oxygen atoms in total. The van der Waals surface area contributed by atoms with Gasteiger partial charge in [-0.05, 0) is 24.5 Å². The number of carbonyl (C=O) groups is 1. The van der Waals surface area contributed by atoms with Crippen LogP contribution in [0.5, 0.6) is 0 Å². The van der Waals surface area contributed by atoms with E-state index in [2.05, 4.69) is 10.3 Å². The molecule has 13 heavy (non-hydrogen) atoms. The molecule has 0 fully saturated rings. The van der Waals surface area contributed by atoms with Crippen molar-refractivity contribution in [2.24, 2.45) is 0 Å². The summed E-state index contributed by atoms with van der Waals surface area (Å²) in [4.78, 5) is 14.6. The molecule has 1 aliphatic carbocycles. The highest BCUT2D eigenvalue weighted by molar-refractivity contribution is 5.65. The van der Waals surface area contributed by atoms with Gasteiger partial charge in [-0.2, -0.15) is 0 Å². The second-order valence-corrected chi connectivity index (χ2v) is 3.09. The van der Waals surface area contributed by atoms with Crippen molar-refractivity contribution in [3.8, 4) is 0 Å². The van der Waals surface area contributed by atoms with E-state index in [1.807, 2.05) is 12.1 Å². The monoisotopic (exact) mass is 178 g/mol. The first-order valence-electron chi connectivity index (χ1n) is 4.20. The van der Waals surface area contributed by atoms with Crippen molar-refractivity contribution < 1.29 is 9.90 Å². The Morgan fingerprint density at radius 2 is 2.54 bits per heavy atom. The van der Waals surface area contributed by atoms with Crippen LogP contribution in [0.1, 0.15) is 23.7 Å². The van der Waals surface area contributed by atoms with Gasteiger partial charge in [-0.1, -0.05) is 6.07 Å². The Balaban J connectivity index is 2.23. The molecular weight excluding hydrogens is 168 g/mol. The SMILES string of the molecule is O=C(O)NC1CCc2cccnc21. The highest BCUT2D eigenvalue weighted by atomic mass is 16.4. The molecular formula is C9H10N2O2. The molecule has 0 aromatic carbocycles. The number of nitrogens with one attached hydrogen (secondary N) is 1. The zero-order chi connectivity index (χ0) is 9.26. The van der Waals surface area contributed by atoms with Crippen molar-refractivity contribution in [2.75, 3.05) is 0 Å². The summed E-state index contributed by atoms with van der Waals surface area (Å²) >= 11 is 0. The van der Waals surface area contributed by atoms with Gasteiger partial charge in [0.15, 0.2) is 0 Å². The molecule has 1 aromatic rings. The molecule has 0 radical (unpaired) electrons. The lowest BCUT2D eigenvalue weighted by molar-refractivity contribution is 0.189. The maximum atomic E-state index is 10.4. The molecule has 1 heterocycles. The molecule has 0 bridgehead atoms. The number of hydrogen-bond donors (Lipinski definition) is 2. The van der Waals surface area contributed by atoms with Gasteiger partial charge in [-0.15, -0.1) is 0 Å². The summed E-state index contributed by atoms with van der Waals surface area (Å²) in [5.74, 6) is 0. The smallest absolute Gasteiger partial charge is 0.405 e. The molecule has 0 aliphatic heterocycles. The van der Waals surface area contributed by atoms with E-state index in [9.17, 15) is 4.79 Å². The van der Waals surface area contributed by atoms with Crippen molar-refractivity contribution in [1.82, 2.24) is 10.3 Å². The Labute approximate surface area is 75.6 Å². The second-order valence-electron chi connectivity index (χ2n) is 3.09. The van der Waals surface area contributed by atoms with Crippen LogP contribution in [0, 0.1) is 0 Å². The van der Waals surface area contributed by atoms with Gasteiger partial charge in [-0.25, -0.2) is 4.79 Å². The molecule has 1 atom stereocenters. The average molecular weight is 178 g/mol. The number of aryl methyl sites for hydroxylation is 1. The van der Waals surface area contributed by atoms with Crippen molar-refractivity contribution in [3.63, 3.8) is 0 Å². The maximum absolute atomic E-state index is 10.4. The zero-order valence-corrected chi connectivity index (χ0v) is 7.03. The predicted octanol–water partition coefficient (Wildman–Crippen LogP) is 1.34. The molecule has 0 spiro atoms. The minimum atomic E-state index is -0.983. The van der Waals surface area contributed by atoms with Crippen molar-refractivity contribution in [1.29, 1.82) is 0 Å². The Morgan fingerprint density at radius 1 is 1.69 bits per heavy atom. The first-order valence-corrected chi connectivity index (χ1v) is 4.20. The van der Waals surface area contributed by atoms with E-state index in [4.69, 9.17) is 5.11 Å². The number of rotatable bonds is 1. The van der Waals surface area contributed by atoms with Crippen LogP contribution in [0.4, 0.5) is 4.79 Å². The third-order valence-electron chi connectivity index (χ3n) is 2.26. The van der Waals surface area contributed by atoms with E-state index in [-0.39, 0.29) is 6.04 Å². The molecule has 68 valence electrons. The van der Waals surface area contributed by atoms with Gasteiger partial charge in [-0.3, -0.25) is 4.98 Å². The third-order valence-corrected chi connectivity index (χ3v) is 2.26. The summed E-state index contributed by atoms with van der Waals surface area (Å²) in [5.41, 5.74) is 2.03. The van der Waals surface area contributed by atoms with E-state index in [1.54, 1.807) is 6.20 Å². The van der Waals surface area contributed by atoms with E-state index >= 15 is 0 Å². The number of fused-ring (bicyclic) bond motifs is 1. The minimum absolute atomic E-state index is 0.117. The van der Waals surface area contributed by atoms with Crippen molar-refractivity contribution in [3.05, 3.63) is 29.6 Å². The van der Waals surface area contributed by atoms with Crippen LogP contribution < -0.4 is 5.32 Å². The Bertz CT molecular complexity index is 338. The molecule has 0 saturated heterocycles. The van der Waals surface area contributed by atoms with Gasteiger partial charge in [0.05, 0.1) is 11.7 Å². The fraction of sp³-hybridized carbons (Fsp3) is 0.333. The lowest BCUT2D eigenvalue weighted by Gasteiger charge is -2.09. The summed E-state index contributed by atoms with van der Waals surface area (Å²) in [6, 6.07) is 3.75. The van der Waals surface area contributed by atoms with Crippen LogP contribution >= 0.6 is 0 Å². The van der Waals surface area contributed by atoms with Crippen LogP contribution in [0.3, 0.4) is 0 Å². The summed E-state index contributed by atoms with van der Waals surface area (Å²) in [7, 11) is 0. The standard InChI is InChI=1S/C9H10N2O2/c12-9(13)11-7-4-3-6-2-1-5-10-8(6)7/h1-2,5,7,11H,3-4H2,(H,12,13). The summed E-state index contributed by atoms with van der Waals surface area (Å²) < 4.78 is 0. The molecule has 1 amide bonds. The maximum Gasteiger partial charge on any atom is 0.405 e. The van der Waals surface area contributed by atoms with E-state index in [0.717, 1.165) is 24.1 Å². The summed E-state index contributed by atoms with van der Waals surface area (Å²) in [6.07, 6.45) is 2.44. The van der Waals surface area contributed by atoms with Gasteiger partial charge >= 0.3 is 6.09 Å². The predicted molar refractivity (Wildman–Crippen MR) is 46.5 cm³/mol. The topological polar surface area (TPSA) is 62.2 Å². The van der Waals surface area contributed by atoms with E-state index in [0.29, 0.717) is 0 Å². The quantitative estimate of drug-likeness (QED) is 0.682.